The van der Waals surface area contributed by atoms with Gasteiger partial charge in [0.2, 0.25) is 0 Å². The SMILES string of the molecule is CCOC(=O)c1nc(Br)n(CC)c1C. The van der Waals surface area contributed by atoms with Crippen molar-refractivity contribution in [3.05, 3.63) is 16.1 Å². The molecule has 0 saturated carbocycles. The Kier molecular flexibility index (Phi) is 3.69. The molecule has 0 aliphatic heterocycles. The Morgan fingerprint density at radius 2 is 2.21 bits per heavy atom. The summed E-state index contributed by atoms with van der Waals surface area (Å²) in [5, 5.41) is 0. The number of carbonyl (C=O) groups is 1. The number of carbonyl (C=O) groups excluding carboxylic acids is 1. The third kappa shape index (κ3) is 1.97. The van der Waals surface area contributed by atoms with Crippen LogP contribution in [-0.2, 0) is 11.3 Å². The van der Waals surface area contributed by atoms with E-state index in [1.165, 1.54) is 0 Å². The Morgan fingerprint density at radius 3 is 2.64 bits per heavy atom. The second-order valence-electron chi connectivity index (χ2n) is 2.78. The largest absolute Gasteiger partial charge is 0.461 e. The molecule has 1 aromatic rings. The predicted molar refractivity (Wildman–Crippen MR) is 56.3 cm³/mol. The van der Waals surface area contributed by atoms with Crippen molar-refractivity contribution in [1.82, 2.24) is 9.55 Å². The third-order valence-electron chi connectivity index (χ3n) is 1.96. The molecule has 1 rings (SSSR count). The Labute approximate surface area is 91.4 Å². The fraction of sp³-hybridized carbons (Fsp3) is 0.556. The summed E-state index contributed by atoms with van der Waals surface area (Å²) < 4.78 is 7.46. The lowest BCUT2D eigenvalue weighted by molar-refractivity contribution is 0.0519. The first-order valence-corrected chi connectivity index (χ1v) is 5.30. The fourth-order valence-corrected chi connectivity index (χ4v) is 1.95. The maximum Gasteiger partial charge on any atom is 0.358 e. The van der Waals surface area contributed by atoms with Crippen molar-refractivity contribution in [1.29, 1.82) is 0 Å². The molecule has 0 aliphatic carbocycles. The minimum Gasteiger partial charge on any atom is -0.461 e. The summed E-state index contributed by atoms with van der Waals surface area (Å²) in [4.78, 5) is 15.5. The van der Waals surface area contributed by atoms with E-state index in [9.17, 15) is 4.79 Å². The first kappa shape index (κ1) is 11.2. The molecule has 0 bridgehead atoms. The minimum absolute atomic E-state index is 0.363. The van der Waals surface area contributed by atoms with Gasteiger partial charge in [-0.3, -0.25) is 0 Å². The highest BCUT2D eigenvalue weighted by Crippen LogP contribution is 2.16. The molecule has 0 N–H and O–H groups in total. The fourth-order valence-electron chi connectivity index (χ4n) is 1.26. The van der Waals surface area contributed by atoms with Crippen LogP contribution in [0.15, 0.2) is 4.73 Å². The summed E-state index contributed by atoms with van der Waals surface area (Å²) >= 11 is 3.29. The van der Waals surface area contributed by atoms with Gasteiger partial charge in [0.05, 0.1) is 12.3 Å². The van der Waals surface area contributed by atoms with E-state index in [1.54, 1.807) is 6.92 Å². The van der Waals surface area contributed by atoms with Crippen LogP contribution in [0.4, 0.5) is 0 Å². The van der Waals surface area contributed by atoms with Gasteiger partial charge in [0.1, 0.15) is 0 Å². The van der Waals surface area contributed by atoms with Gasteiger partial charge in [0, 0.05) is 6.54 Å². The number of nitrogens with zero attached hydrogens (tertiary/aromatic N) is 2. The highest BCUT2D eigenvalue weighted by atomic mass is 79.9. The number of rotatable bonds is 3. The summed E-state index contributed by atoms with van der Waals surface area (Å²) in [5.41, 5.74) is 1.22. The summed E-state index contributed by atoms with van der Waals surface area (Å²) in [7, 11) is 0. The molecule has 78 valence electrons. The first-order chi connectivity index (χ1) is 6.61. The lowest BCUT2D eigenvalue weighted by Crippen LogP contribution is -2.07. The maximum absolute atomic E-state index is 11.4. The Bertz CT molecular complexity index is 347. The molecule has 0 aromatic carbocycles. The van der Waals surface area contributed by atoms with Crippen LogP contribution in [0.3, 0.4) is 0 Å². The van der Waals surface area contributed by atoms with Gasteiger partial charge >= 0.3 is 5.97 Å². The lowest BCUT2D eigenvalue weighted by atomic mass is 10.3. The highest BCUT2D eigenvalue weighted by Gasteiger charge is 2.18. The van der Waals surface area contributed by atoms with Crippen LogP contribution < -0.4 is 0 Å². The van der Waals surface area contributed by atoms with Gasteiger partial charge < -0.3 is 9.30 Å². The molecule has 0 atom stereocenters. The lowest BCUT2D eigenvalue weighted by Gasteiger charge is -2.02. The summed E-state index contributed by atoms with van der Waals surface area (Å²) in [6.07, 6.45) is 0. The normalized spacial score (nSPS) is 10.3. The molecule has 0 spiro atoms. The zero-order chi connectivity index (χ0) is 10.7. The van der Waals surface area contributed by atoms with Gasteiger partial charge in [-0.1, -0.05) is 0 Å². The smallest absolute Gasteiger partial charge is 0.358 e. The van der Waals surface area contributed by atoms with Crippen LogP contribution in [0.1, 0.15) is 30.0 Å². The van der Waals surface area contributed by atoms with Crippen LogP contribution in [0.5, 0.6) is 0 Å². The second-order valence-corrected chi connectivity index (χ2v) is 3.49. The number of hydrogen-bond donors (Lipinski definition) is 0. The predicted octanol–water partition coefficient (Wildman–Crippen LogP) is 2.15. The highest BCUT2D eigenvalue weighted by molar-refractivity contribution is 9.10. The monoisotopic (exact) mass is 260 g/mol. The quantitative estimate of drug-likeness (QED) is 0.783. The van der Waals surface area contributed by atoms with Crippen LogP contribution in [-0.4, -0.2) is 22.1 Å². The van der Waals surface area contributed by atoms with Crippen LogP contribution >= 0.6 is 15.9 Å². The molecule has 0 radical (unpaired) electrons. The topological polar surface area (TPSA) is 44.1 Å². The molecular formula is C9H13BrN2O2. The van der Waals surface area contributed by atoms with Crippen LogP contribution in [0.25, 0.3) is 0 Å². The van der Waals surface area contributed by atoms with E-state index in [1.807, 2.05) is 18.4 Å². The molecular weight excluding hydrogens is 248 g/mol. The molecule has 1 heterocycles. The standard InChI is InChI=1S/C9H13BrN2O2/c1-4-12-6(3)7(11-9(12)10)8(13)14-5-2/h4-5H2,1-3H3. The Balaban J connectivity index is 3.04. The van der Waals surface area contributed by atoms with Gasteiger partial charge in [-0.05, 0) is 36.7 Å². The van der Waals surface area contributed by atoms with E-state index in [0.29, 0.717) is 17.0 Å². The second kappa shape index (κ2) is 4.59. The van der Waals surface area contributed by atoms with Crippen molar-refractivity contribution < 1.29 is 9.53 Å². The van der Waals surface area contributed by atoms with Crippen molar-refractivity contribution in [2.24, 2.45) is 0 Å². The third-order valence-corrected chi connectivity index (χ3v) is 2.56. The number of aromatic nitrogens is 2. The van der Waals surface area contributed by atoms with Crippen molar-refractivity contribution in [2.75, 3.05) is 6.61 Å². The van der Waals surface area contributed by atoms with E-state index in [0.717, 1.165) is 12.2 Å². The van der Waals surface area contributed by atoms with Gasteiger partial charge in [-0.25, -0.2) is 9.78 Å². The van der Waals surface area contributed by atoms with Crippen LogP contribution in [0, 0.1) is 6.92 Å². The number of ether oxygens (including phenoxy) is 1. The van der Waals surface area contributed by atoms with Crippen molar-refractivity contribution in [3.63, 3.8) is 0 Å². The average Bonchev–Trinajstić information content (AvgIpc) is 2.42. The van der Waals surface area contributed by atoms with E-state index in [4.69, 9.17) is 4.74 Å². The minimum atomic E-state index is -0.363. The number of hydrogen-bond acceptors (Lipinski definition) is 3. The molecule has 0 aliphatic rings. The molecule has 4 nitrogen and oxygen atoms in total. The van der Waals surface area contributed by atoms with Crippen molar-refractivity contribution in [3.8, 4) is 0 Å². The van der Waals surface area contributed by atoms with Crippen molar-refractivity contribution >= 4 is 21.9 Å². The van der Waals surface area contributed by atoms with E-state index < -0.39 is 0 Å². The van der Waals surface area contributed by atoms with Gasteiger partial charge in [0.15, 0.2) is 10.4 Å². The van der Waals surface area contributed by atoms with Gasteiger partial charge in [-0.2, -0.15) is 0 Å². The zero-order valence-corrected chi connectivity index (χ0v) is 10.1. The molecule has 0 unspecified atom stereocenters. The molecule has 1 aromatic heterocycles. The Hall–Kier alpha value is -0.840. The van der Waals surface area contributed by atoms with E-state index in [2.05, 4.69) is 20.9 Å². The van der Waals surface area contributed by atoms with Gasteiger partial charge in [-0.15, -0.1) is 0 Å². The van der Waals surface area contributed by atoms with Gasteiger partial charge in [0.25, 0.3) is 0 Å². The number of imidazole rings is 1. The van der Waals surface area contributed by atoms with E-state index >= 15 is 0 Å². The first-order valence-electron chi connectivity index (χ1n) is 4.51. The summed E-state index contributed by atoms with van der Waals surface area (Å²) in [6.45, 7) is 6.77. The molecule has 0 amide bonds. The summed E-state index contributed by atoms with van der Waals surface area (Å²) in [5.74, 6) is -0.363. The zero-order valence-electron chi connectivity index (χ0n) is 8.50. The number of esters is 1. The summed E-state index contributed by atoms with van der Waals surface area (Å²) in [6, 6.07) is 0. The van der Waals surface area contributed by atoms with Crippen molar-refractivity contribution in [2.45, 2.75) is 27.3 Å². The molecule has 0 saturated heterocycles. The molecule has 14 heavy (non-hydrogen) atoms. The Morgan fingerprint density at radius 1 is 1.57 bits per heavy atom. The average molecular weight is 261 g/mol. The molecule has 5 heteroatoms. The molecule has 0 fully saturated rings. The van der Waals surface area contributed by atoms with E-state index in [-0.39, 0.29) is 5.97 Å². The number of halogens is 1. The maximum atomic E-state index is 11.4. The van der Waals surface area contributed by atoms with Crippen LogP contribution in [0.2, 0.25) is 0 Å².